The maximum absolute atomic E-state index is 13.2. The second-order valence-corrected chi connectivity index (χ2v) is 8.70. The highest BCUT2D eigenvalue weighted by molar-refractivity contribution is 6.30. The number of pyridine rings is 2. The Bertz CT molecular complexity index is 1200. The molecular formula is C25H22ClN3O2. The summed E-state index contributed by atoms with van der Waals surface area (Å²) in [5, 5.41) is 0.689. The fraction of sp³-hybridized carbons (Fsp3) is 0.240. The molecule has 6 heteroatoms. The van der Waals surface area contributed by atoms with Crippen LogP contribution in [0.2, 0.25) is 5.02 Å². The summed E-state index contributed by atoms with van der Waals surface area (Å²) in [6.07, 6.45) is 8.10. The zero-order chi connectivity index (χ0) is 21.4. The lowest BCUT2D eigenvalue weighted by molar-refractivity contribution is 0.0594. The second kappa shape index (κ2) is 8.16. The van der Waals surface area contributed by atoms with Crippen molar-refractivity contribution in [3.05, 3.63) is 98.7 Å². The highest BCUT2D eigenvalue weighted by Gasteiger charge is 2.36. The topological polar surface area (TPSA) is 55.2 Å². The predicted octanol–water partition coefficient (Wildman–Crippen LogP) is 4.33. The third-order valence-electron chi connectivity index (χ3n) is 6.17. The van der Waals surface area contributed by atoms with Crippen molar-refractivity contribution in [1.82, 2.24) is 14.5 Å². The molecule has 2 aromatic heterocycles. The lowest BCUT2D eigenvalue weighted by Gasteiger charge is -2.42. The molecule has 2 aliphatic heterocycles. The normalized spacial score (nSPS) is 20.0. The molecule has 2 aliphatic rings. The van der Waals surface area contributed by atoms with Crippen LogP contribution in [0.15, 0.2) is 65.7 Å². The first-order chi connectivity index (χ1) is 15.1. The van der Waals surface area contributed by atoms with Gasteiger partial charge in [-0.2, -0.15) is 0 Å². The van der Waals surface area contributed by atoms with Crippen LogP contribution in [0.1, 0.15) is 39.5 Å². The molecule has 1 aromatic carbocycles. The van der Waals surface area contributed by atoms with Crippen molar-refractivity contribution in [2.75, 3.05) is 13.1 Å². The van der Waals surface area contributed by atoms with Crippen LogP contribution < -0.4 is 5.56 Å². The SMILES string of the molecule is O=C(c1ccncc1)N1C[C@@H]2C[C@H](C1)c1ccc(/C=C/c3ccc(Cl)cc3)c(=O)n1C2. The molecule has 5 nitrogen and oxygen atoms in total. The Labute approximate surface area is 185 Å². The molecule has 2 bridgehead atoms. The van der Waals surface area contributed by atoms with E-state index in [4.69, 9.17) is 11.6 Å². The Morgan fingerprint density at radius 3 is 2.52 bits per heavy atom. The van der Waals surface area contributed by atoms with E-state index in [2.05, 4.69) is 4.98 Å². The summed E-state index contributed by atoms with van der Waals surface area (Å²) in [6, 6.07) is 15.0. The zero-order valence-corrected chi connectivity index (χ0v) is 17.7. The number of rotatable bonds is 3. The van der Waals surface area contributed by atoms with Crippen LogP contribution in [0.25, 0.3) is 12.2 Å². The smallest absolute Gasteiger partial charge is 0.258 e. The van der Waals surface area contributed by atoms with E-state index in [0.717, 1.165) is 17.7 Å². The number of aromatic nitrogens is 2. The molecular weight excluding hydrogens is 410 g/mol. The van der Waals surface area contributed by atoms with Crippen molar-refractivity contribution in [2.24, 2.45) is 5.92 Å². The Balaban J connectivity index is 1.39. The Hall–Kier alpha value is -3.18. The van der Waals surface area contributed by atoms with Gasteiger partial charge in [-0.25, -0.2) is 0 Å². The van der Waals surface area contributed by atoms with Gasteiger partial charge in [0.05, 0.1) is 0 Å². The average molecular weight is 432 g/mol. The average Bonchev–Trinajstić information content (AvgIpc) is 2.80. The van der Waals surface area contributed by atoms with Crippen molar-refractivity contribution < 1.29 is 4.79 Å². The Kier molecular flexibility index (Phi) is 5.20. The van der Waals surface area contributed by atoms with Crippen LogP contribution in [0, 0.1) is 5.92 Å². The number of hydrogen-bond donors (Lipinski definition) is 0. The summed E-state index contributed by atoms with van der Waals surface area (Å²) in [7, 11) is 0. The fourth-order valence-electron chi connectivity index (χ4n) is 4.69. The number of halogens is 1. The summed E-state index contributed by atoms with van der Waals surface area (Å²) in [5.74, 6) is 0.501. The first-order valence-corrected chi connectivity index (χ1v) is 10.8. The maximum Gasteiger partial charge on any atom is 0.258 e. The number of piperidine rings is 1. The van der Waals surface area contributed by atoms with Gasteiger partial charge < -0.3 is 9.47 Å². The van der Waals surface area contributed by atoms with E-state index >= 15 is 0 Å². The standard InChI is InChI=1S/C25H22ClN3O2/c26-22-6-2-17(3-7-22)1-4-19-5-8-23-21-13-18(15-29(23)25(19)31)14-28(16-21)24(30)20-9-11-27-12-10-20/h1-12,18,21H,13-16H2/b4-1+/t18-,21+/m0/s1. The van der Waals surface area contributed by atoms with E-state index in [1.807, 2.05) is 58.0 Å². The quantitative estimate of drug-likeness (QED) is 0.620. The molecule has 1 fully saturated rings. The van der Waals surface area contributed by atoms with Crippen LogP contribution >= 0.6 is 11.6 Å². The monoisotopic (exact) mass is 431 g/mol. The summed E-state index contributed by atoms with van der Waals surface area (Å²) >= 11 is 5.94. The third-order valence-corrected chi connectivity index (χ3v) is 6.43. The maximum atomic E-state index is 13.2. The number of fused-ring (bicyclic) bond motifs is 4. The molecule has 0 unspecified atom stereocenters. The van der Waals surface area contributed by atoms with Gasteiger partial charge in [0, 0.05) is 59.8 Å². The fourth-order valence-corrected chi connectivity index (χ4v) is 4.82. The predicted molar refractivity (Wildman–Crippen MR) is 122 cm³/mol. The van der Waals surface area contributed by atoms with Gasteiger partial charge >= 0.3 is 0 Å². The number of carbonyl (C=O) groups is 1. The highest BCUT2D eigenvalue weighted by atomic mass is 35.5. The van der Waals surface area contributed by atoms with E-state index < -0.39 is 0 Å². The summed E-state index contributed by atoms with van der Waals surface area (Å²) in [4.78, 5) is 32.0. The zero-order valence-electron chi connectivity index (χ0n) is 16.9. The molecule has 31 heavy (non-hydrogen) atoms. The highest BCUT2D eigenvalue weighted by Crippen LogP contribution is 2.35. The Morgan fingerprint density at radius 2 is 1.74 bits per heavy atom. The lowest BCUT2D eigenvalue weighted by Crippen LogP contribution is -2.49. The van der Waals surface area contributed by atoms with Crippen LogP contribution in [-0.4, -0.2) is 33.4 Å². The van der Waals surface area contributed by atoms with Gasteiger partial charge in [0.15, 0.2) is 0 Å². The molecule has 156 valence electrons. The van der Waals surface area contributed by atoms with Crippen LogP contribution in [0.4, 0.5) is 0 Å². The molecule has 1 amide bonds. The molecule has 0 saturated carbocycles. The van der Waals surface area contributed by atoms with Gasteiger partial charge in [0.1, 0.15) is 0 Å². The minimum absolute atomic E-state index is 0.0336. The molecule has 1 saturated heterocycles. The largest absolute Gasteiger partial charge is 0.338 e. The summed E-state index contributed by atoms with van der Waals surface area (Å²) in [5.41, 5.74) is 3.38. The molecule has 5 rings (SSSR count). The van der Waals surface area contributed by atoms with Crippen molar-refractivity contribution in [3.63, 3.8) is 0 Å². The van der Waals surface area contributed by atoms with Gasteiger partial charge in [-0.15, -0.1) is 0 Å². The molecule has 4 heterocycles. The van der Waals surface area contributed by atoms with E-state index in [0.29, 0.717) is 35.8 Å². The van der Waals surface area contributed by atoms with Gasteiger partial charge in [0.25, 0.3) is 11.5 Å². The first kappa shape index (κ1) is 19.8. The van der Waals surface area contributed by atoms with Crippen molar-refractivity contribution in [3.8, 4) is 0 Å². The molecule has 0 N–H and O–H groups in total. The van der Waals surface area contributed by atoms with Crippen molar-refractivity contribution in [2.45, 2.75) is 18.9 Å². The van der Waals surface area contributed by atoms with E-state index in [1.165, 1.54) is 0 Å². The molecule has 0 aliphatic carbocycles. The lowest BCUT2D eigenvalue weighted by atomic mass is 9.82. The number of amides is 1. The molecule has 0 spiro atoms. The first-order valence-electron chi connectivity index (χ1n) is 10.4. The number of hydrogen-bond acceptors (Lipinski definition) is 3. The van der Waals surface area contributed by atoms with Gasteiger partial charge in [-0.1, -0.05) is 29.8 Å². The molecule has 2 atom stereocenters. The van der Waals surface area contributed by atoms with E-state index in [-0.39, 0.29) is 23.3 Å². The van der Waals surface area contributed by atoms with Crippen LogP contribution in [0.5, 0.6) is 0 Å². The van der Waals surface area contributed by atoms with Crippen molar-refractivity contribution in [1.29, 1.82) is 0 Å². The summed E-state index contributed by atoms with van der Waals surface area (Å²) < 4.78 is 1.91. The van der Waals surface area contributed by atoms with E-state index in [1.54, 1.807) is 24.5 Å². The van der Waals surface area contributed by atoms with Gasteiger partial charge in [-0.3, -0.25) is 14.6 Å². The van der Waals surface area contributed by atoms with Gasteiger partial charge in [-0.05, 0) is 60.4 Å². The molecule has 3 aromatic rings. The minimum Gasteiger partial charge on any atom is -0.338 e. The van der Waals surface area contributed by atoms with Crippen LogP contribution in [0.3, 0.4) is 0 Å². The van der Waals surface area contributed by atoms with Gasteiger partial charge in [0.2, 0.25) is 0 Å². The number of carbonyl (C=O) groups excluding carboxylic acids is 1. The third kappa shape index (κ3) is 3.93. The minimum atomic E-state index is 0.0336. The number of nitrogens with zero attached hydrogens (tertiary/aromatic N) is 3. The molecule has 0 radical (unpaired) electrons. The summed E-state index contributed by atoms with van der Waals surface area (Å²) in [6.45, 7) is 1.96. The van der Waals surface area contributed by atoms with Crippen LogP contribution in [-0.2, 0) is 6.54 Å². The van der Waals surface area contributed by atoms with E-state index in [9.17, 15) is 9.59 Å². The second-order valence-electron chi connectivity index (χ2n) is 8.26. The Morgan fingerprint density at radius 1 is 0.968 bits per heavy atom. The number of likely N-dealkylation sites (tertiary alicyclic amines) is 1. The number of benzene rings is 1. The van der Waals surface area contributed by atoms with Crippen molar-refractivity contribution >= 4 is 29.7 Å².